The van der Waals surface area contributed by atoms with E-state index in [1.54, 1.807) is 30.3 Å². The first-order valence-corrected chi connectivity index (χ1v) is 9.43. The molecule has 0 N–H and O–H groups in total. The molecule has 2 aromatic carbocycles. The molecule has 3 amide bonds. The van der Waals surface area contributed by atoms with Crippen molar-refractivity contribution in [1.29, 1.82) is 0 Å². The van der Waals surface area contributed by atoms with Crippen LogP contribution in [0.25, 0.3) is 0 Å². The summed E-state index contributed by atoms with van der Waals surface area (Å²) in [6, 6.07) is 13.1. The highest BCUT2D eigenvalue weighted by atomic mass is 16.6. The number of esters is 1. The Morgan fingerprint density at radius 2 is 1.80 bits per heavy atom. The molecule has 2 heterocycles. The number of rotatable bonds is 4. The van der Waals surface area contributed by atoms with Crippen LogP contribution in [0.5, 0.6) is 0 Å². The van der Waals surface area contributed by atoms with Gasteiger partial charge in [0.05, 0.1) is 18.1 Å². The number of piperidine rings is 1. The molecule has 9 heteroatoms. The highest BCUT2D eigenvalue weighted by Gasteiger charge is 2.59. The van der Waals surface area contributed by atoms with E-state index in [2.05, 4.69) is 0 Å². The molecule has 4 rings (SSSR count). The normalized spacial score (nSPS) is 22.7. The molecule has 0 aromatic heterocycles. The van der Waals surface area contributed by atoms with Crippen LogP contribution in [-0.2, 0) is 15.1 Å². The van der Waals surface area contributed by atoms with Crippen LogP contribution in [-0.4, -0.2) is 52.3 Å². The molecule has 30 heavy (non-hydrogen) atoms. The summed E-state index contributed by atoms with van der Waals surface area (Å²) in [6.45, 7) is 0.184. The van der Waals surface area contributed by atoms with Gasteiger partial charge in [-0.3, -0.25) is 19.8 Å². The average Bonchev–Trinajstić information content (AvgIpc) is 3.05. The zero-order valence-electron chi connectivity index (χ0n) is 16.2. The number of methoxy groups -OCH3 is 1. The van der Waals surface area contributed by atoms with Crippen LogP contribution in [0, 0.1) is 10.1 Å². The van der Waals surface area contributed by atoms with Gasteiger partial charge >= 0.3 is 12.0 Å². The van der Waals surface area contributed by atoms with E-state index in [4.69, 9.17) is 4.74 Å². The van der Waals surface area contributed by atoms with E-state index in [0.29, 0.717) is 17.5 Å². The highest BCUT2D eigenvalue weighted by Crippen LogP contribution is 2.45. The number of benzene rings is 2. The monoisotopic (exact) mass is 409 g/mol. The fourth-order valence-corrected chi connectivity index (χ4v) is 4.34. The summed E-state index contributed by atoms with van der Waals surface area (Å²) in [5.74, 6) is -1.06. The lowest BCUT2D eigenvalue weighted by Crippen LogP contribution is -2.55. The number of imide groups is 1. The number of amides is 3. The fraction of sp³-hybridized carbons (Fsp3) is 0.286. The molecule has 2 aliphatic rings. The van der Waals surface area contributed by atoms with Crippen LogP contribution in [0.2, 0.25) is 0 Å². The fourth-order valence-electron chi connectivity index (χ4n) is 4.34. The molecule has 0 saturated carbocycles. The molecule has 154 valence electrons. The molecule has 2 saturated heterocycles. The Morgan fingerprint density at radius 1 is 1.13 bits per heavy atom. The van der Waals surface area contributed by atoms with Crippen molar-refractivity contribution in [2.24, 2.45) is 0 Å². The first kappa shape index (κ1) is 19.6. The summed E-state index contributed by atoms with van der Waals surface area (Å²) < 4.78 is 5.03. The topological polar surface area (TPSA) is 110 Å². The van der Waals surface area contributed by atoms with Crippen molar-refractivity contribution < 1.29 is 24.0 Å². The summed E-state index contributed by atoms with van der Waals surface area (Å²) in [4.78, 5) is 52.2. The second-order valence-corrected chi connectivity index (χ2v) is 7.28. The van der Waals surface area contributed by atoms with E-state index in [1.165, 1.54) is 41.2 Å². The Balaban J connectivity index is 1.74. The van der Waals surface area contributed by atoms with Gasteiger partial charge in [-0.1, -0.05) is 18.2 Å². The molecule has 2 bridgehead atoms. The molecule has 2 fully saturated rings. The summed E-state index contributed by atoms with van der Waals surface area (Å²) in [5, 5.41) is 11.0. The summed E-state index contributed by atoms with van der Waals surface area (Å²) in [5.41, 5.74) is -0.760. The second kappa shape index (κ2) is 7.25. The van der Waals surface area contributed by atoms with Crippen molar-refractivity contribution in [2.45, 2.75) is 24.4 Å². The van der Waals surface area contributed by atoms with Crippen molar-refractivity contribution in [2.75, 3.05) is 13.7 Å². The number of urea groups is 1. The molecule has 2 unspecified atom stereocenters. The predicted molar refractivity (Wildman–Crippen MR) is 105 cm³/mol. The molecule has 0 radical (unpaired) electrons. The molecule has 0 aliphatic carbocycles. The molecule has 0 spiro atoms. The molecule has 2 aliphatic heterocycles. The van der Waals surface area contributed by atoms with Gasteiger partial charge in [-0.15, -0.1) is 0 Å². The van der Waals surface area contributed by atoms with Crippen LogP contribution in [0.1, 0.15) is 28.8 Å². The van der Waals surface area contributed by atoms with Crippen LogP contribution in [0.4, 0.5) is 10.5 Å². The Hall–Kier alpha value is -3.75. The van der Waals surface area contributed by atoms with Crippen molar-refractivity contribution in [1.82, 2.24) is 9.80 Å². The van der Waals surface area contributed by atoms with Gasteiger partial charge in [0.15, 0.2) is 5.54 Å². The number of nitrogens with zero attached hydrogens (tertiary/aromatic N) is 3. The van der Waals surface area contributed by atoms with Crippen molar-refractivity contribution in [3.63, 3.8) is 0 Å². The van der Waals surface area contributed by atoms with Gasteiger partial charge in [0.25, 0.3) is 11.6 Å². The van der Waals surface area contributed by atoms with Gasteiger partial charge in [-0.25, -0.2) is 9.59 Å². The molecule has 2 atom stereocenters. The average molecular weight is 409 g/mol. The molecular weight excluding hydrogens is 390 g/mol. The van der Waals surface area contributed by atoms with Crippen molar-refractivity contribution in [3.05, 3.63) is 75.8 Å². The van der Waals surface area contributed by atoms with Gasteiger partial charge < -0.3 is 9.64 Å². The minimum atomic E-state index is -1.44. The number of nitro groups is 1. The smallest absolute Gasteiger partial charge is 0.336 e. The maximum atomic E-state index is 13.3. The molecule has 9 nitrogen and oxygen atoms in total. The Kier molecular flexibility index (Phi) is 4.73. The summed E-state index contributed by atoms with van der Waals surface area (Å²) >= 11 is 0. The maximum Gasteiger partial charge on any atom is 0.336 e. The van der Waals surface area contributed by atoms with E-state index in [1.807, 2.05) is 0 Å². The van der Waals surface area contributed by atoms with E-state index in [0.717, 1.165) is 0 Å². The number of ether oxygens (including phenoxy) is 1. The number of hydrogen-bond acceptors (Lipinski definition) is 6. The van der Waals surface area contributed by atoms with Crippen molar-refractivity contribution in [3.8, 4) is 0 Å². The lowest BCUT2D eigenvalue weighted by molar-refractivity contribution is -0.384. The van der Waals surface area contributed by atoms with Gasteiger partial charge in [0.2, 0.25) is 0 Å². The predicted octanol–water partition coefficient (Wildman–Crippen LogP) is 2.70. The van der Waals surface area contributed by atoms with Gasteiger partial charge in [-0.05, 0) is 42.7 Å². The lowest BCUT2D eigenvalue weighted by Gasteiger charge is -2.41. The number of hydrogen-bond donors (Lipinski definition) is 0. The number of carbonyl (C=O) groups excluding carboxylic acids is 3. The largest absolute Gasteiger partial charge is 0.467 e. The zero-order chi connectivity index (χ0) is 21.5. The van der Waals surface area contributed by atoms with Crippen LogP contribution < -0.4 is 0 Å². The third-order valence-corrected chi connectivity index (χ3v) is 5.81. The Labute approximate surface area is 172 Å². The van der Waals surface area contributed by atoms with Gasteiger partial charge in [0, 0.05) is 24.2 Å². The molecule has 2 aromatic rings. The third-order valence-electron chi connectivity index (χ3n) is 5.81. The van der Waals surface area contributed by atoms with Gasteiger partial charge in [-0.2, -0.15) is 0 Å². The Morgan fingerprint density at radius 3 is 2.40 bits per heavy atom. The van der Waals surface area contributed by atoms with Crippen LogP contribution in [0.15, 0.2) is 54.6 Å². The summed E-state index contributed by atoms with van der Waals surface area (Å²) in [6.07, 6.45) is 0.652. The number of non-ortho nitro benzene ring substituents is 1. The van der Waals surface area contributed by atoms with Gasteiger partial charge in [0.1, 0.15) is 0 Å². The number of nitro benzene ring substituents is 1. The lowest BCUT2D eigenvalue weighted by atomic mass is 9.80. The first-order valence-electron chi connectivity index (χ1n) is 9.43. The molecular formula is C21H19N3O6. The van der Waals surface area contributed by atoms with Crippen LogP contribution >= 0.6 is 0 Å². The first-order chi connectivity index (χ1) is 14.4. The van der Waals surface area contributed by atoms with E-state index < -0.39 is 28.4 Å². The Bertz CT molecular complexity index is 1020. The number of fused-ring (bicyclic) bond motifs is 2. The number of carbonyl (C=O) groups is 3. The minimum Gasteiger partial charge on any atom is -0.467 e. The highest BCUT2D eigenvalue weighted by molar-refractivity contribution is 6.07. The zero-order valence-corrected chi connectivity index (χ0v) is 16.2. The maximum absolute atomic E-state index is 13.3. The quantitative estimate of drug-likeness (QED) is 0.436. The summed E-state index contributed by atoms with van der Waals surface area (Å²) in [7, 11) is 1.23. The van der Waals surface area contributed by atoms with Crippen LogP contribution in [0.3, 0.4) is 0 Å². The van der Waals surface area contributed by atoms with E-state index in [9.17, 15) is 24.5 Å². The van der Waals surface area contributed by atoms with E-state index in [-0.39, 0.29) is 24.7 Å². The second-order valence-electron chi connectivity index (χ2n) is 7.28. The minimum absolute atomic E-state index is 0.124. The van der Waals surface area contributed by atoms with Crippen molar-refractivity contribution >= 4 is 23.6 Å². The standard InChI is InChI=1S/C21H19N3O6/c1-30-19(26)21(15-7-9-16(10-8-15)24(28)29)12-11-17-13-22(21)20(27)23(17)18(25)14-5-3-2-4-6-14/h2-10,17H,11-13H2,1H3. The SMILES string of the molecule is COC(=O)C1(c2ccc([N+](=O)[O-])cc2)CCC2CN1C(=O)N2C(=O)c1ccccc1. The van der Waals surface area contributed by atoms with E-state index >= 15 is 0 Å². The third kappa shape index (κ3) is 2.81.